The Kier molecular flexibility index (Phi) is 11.9. The molecule has 0 aliphatic carbocycles. The summed E-state index contributed by atoms with van der Waals surface area (Å²) < 4.78 is 5.87. The van der Waals surface area contributed by atoms with Gasteiger partial charge in [-0.15, -0.1) is 0 Å². The van der Waals surface area contributed by atoms with Crippen LogP contribution in [0.25, 0.3) is 0 Å². The maximum absolute atomic E-state index is 12.9. The third-order valence-corrected chi connectivity index (χ3v) is 6.22. The number of benzene rings is 1. The second-order valence-corrected chi connectivity index (χ2v) is 9.23. The molecule has 1 fully saturated rings. The Morgan fingerprint density at radius 3 is 2.64 bits per heavy atom. The lowest BCUT2D eigenvalue weighted by molar-refractivity contribution is -0.141. The van der Waals surface area contributed by atoms with E-state index in [1.54, 1.807) is 0 Å². The standard InChI is InChI=1S/C26H40N2O5/c1-3-4-6-12-22(16-25(30)31)26(32)27-17-20(2)15-24(29)28-14-9-13-23(28)19-33-18-21-10-7-5-8-11-21/h5,7-8,10-11,20,22-23H,3-4,6,9,12-19H2,1-2H3,(H,27,32)(H,30,31). The number of carboxylic acids is 1. The first-order chi connectivity index (χ1) is 15.9. The van der Waals surface area contributed by atoms with Crippen molar-refractivity contribution in [2.45, 2.75) is 77.9 Å². The van der Waals surface area contributed by atoms with Crippen molar-refractivity contribution in [3.63, 3.8) is 0 Å². The van der Waals surface area contributed by atoms with Crippen LogP contribution < -0.4 is 5.32 Å². The molecule has 3 unspecified atom stereocenters. The van der Waals surface area contributed by atoms with E-state index < -0.39 is 11.9 Å². The summed E-state index contributed by atoms with van der Waals surface area (Å²) in [4.78, 5) is 38.4. The summed E-state index contributed by atoms with van der Waals surface area (Å²) in [7, 11) is 0. The fraction of sp³-hybridized carbons (Fsp3) is 0.654. The molecule has 0 aromatic heterocycles. The molecule has 0 bridgehead atoms. The van der Waals surface area contributed by atoms with Crippen LogP contribution in [-0.4, -0.2) is 53.5 Å². The minimum atomic E-state index is -0.954. The number of hydrogen-bond acceptors (Lipinski definition) is 4. The highest BCUT2D eigenvalue weighted by Crippen LogP contribution is 2.21. The molecule has 1 aliphatic rings. The highest BCUT2D eigenvalue weighted by molar-refractivity contribution is 5.83. The van der Waals surface area contributed by atoms with E-state index in [2.05, 4.69) is 12.2 Å². The predicted molar refractivity (Wildman–Crippen MR) is 128 cm³/mol. The van der Waals surface area contributed by atoms with Crippen LogP contribution in [-0.2, 0) is 25.7 Å². The number of amides is 2. The third kappa shape index (κ3) is 9.95. The van der Waals surface area contributed by atoms with Crippen molar-refractivity contribution >= 4 is 17.8 Å². The van der Waals surface area contributed by atoms with Crippen LogP contribution in [0.3, 0.4) is 0 Å². The molecular formula is C26H40N2O5. The van der Waals surface area contributed by atoms with Gasteiger partial charge < -0.3 is 20.1 Å². The summed E-state index contributed by atoms with van der Waals surface area (Å²) in [6.07, 6.45) is 5.56. The Morgan fingerprint density at radius 2 is 1.94 bits per heavy atom. The summed E-state index contributed by atoms with van der Waals surface area (Å²) in [6.45, 7) is 6.20. The van der Waals surface area contributed by atoms with Crippen molar-refractivity contribution in [3.05, 3.63) is 35.9 Å². The zero-order valence-corrected chi connectivity index (χ0v) is 20.1. The average molecular weight is 461 g/mol. The summed E-state index contributed by atoms with van der Waals surface area (Å²) in [6, 6.07) is 10.1. The van der Waals surface area contributed by atoms with Crippen molar-refractivity contribution in [3.8, 4) is 0 Å². The number of likely N-dealkylation sites (tertiary alicyclic amines) is 1. The maximum Gasteiger partial charge on any atom is 0.304 e. The predicted octanol–water partition coefficient (Wildman–Crippen LogP) is 4.01. The molecule has 1 aromatic carbocycles. The van der Waals surface area contributed by atoms with Gasteiger partial charge in [0.15, 0.2) is 0 Å². The van der Waals surface area contributed by atoms with Crippen LogP contribution in [0, 0.1) is 11.8 Å². The normalized spacial score (nSPS) is 17.5. The van der Waals surface area contributed by atoms with Gasteiger partial charge in [0.25, 0.3) is 0 Å². The van der Waals surface area contributed by atoms with Gasteiger partial charge in [-0.2, -0.15) is 0 Å². The first kappa shape index (κ1) is 26.8. The molecule has 3 atom stereocenters. The van der Waals surface area contributed by atoms with Gasteiger partial charge in [0.05, 0.1) is 25.7 Å². The largest absolute Gasteiger partial charge is 0.481 e. The molecule has 2 rings (SSSR count). The minimum absolute atomic E-state index is 0.0194. The van der Waals surface area contributed by atoms with E-state index in [-0.39, 0.29) is 30.2 Å². The third-order valence-electron chi connectivity index (χ3n) is 6.22. The molecule has 1 aromatic rings. The van der Waals surface area contributed by atoms with Gasteiger partial charge in [-0.3, -0.25) is 14.4 Å². The number of carbonyl (C=O) groups excluding carboxylic acids is 2. The van der Waals surface area contributed by atoms with E-state index in [1.165, 1.54) is 0 Å². The second kappa shape index (κ2) is 14.7. The summed E-state index contributed by atoms with van der Waals surface area (Å²) >= 11 is 0. The molecule has 33 heavy (non-hydrogen) atoms. The SMILES string of the molecule is CCCCCC(CC(=O)O)C(=O)NCC(C)CC(=O)N1CCCC1COCc1ccccc1. The smallest absolute Gasteiger partial charge is 0.304 e. The number of carboxylic acid groups (broad SMARTS) is 1. The van der Waals surface area contributed by atoms with Crippen molar-refractivity contribution < 1.29 is 24.2 Å². The van der Waals surface area contributed by atoms with Crippen LogP contribution in [0.4, 0.5) is 0 Å². The summed E-state index contributed by atoms with van der Waals surface area (Å²) in [5.41, 5.74) is 1.12. The minimum Gasteiger partial charge on any atom is -0.481 e. The van der Waals surface area contributed by atoms with Crippen molar-refractivity contribution in [1.82, 2.24) is 10.2 Å². The first-order valence-electron chi connectivity index (χ1n) is 12.3. The van der Waals surface area contributed by atoms with Crippen molar-refractivity contribution in [2.75, 3.05) is 19.7 Å². The summed E-state index contributed by atoms with van der Waals surface area (Å²) in [5.74, 6) is -1.62. The van der Waals surface area contributed by atoms with Crippen molar-refractivity contribution in [2.24, 2.45) is 11.8 Å². The second-order valence-electron chi connectivity index (χ2n) is 9.23. The van der Waals surface area contributed by atoms with E-state index in [9.17, 15) is 14.4 Å². The van der Waals surface area contributed by atoms with Crippen LogP contribution in [0.2, 0.25) is 0 Å². The lowest BCUT2D eigenvalue weighted by atomic mass is 9.96. The zero-order valence-electron chi connectivity index (χ0n) is 20.1. The molecule has 184 valence electrons. The van der Waals surface area contributed by atoms with Gasteiger partial charge in [0, 0.05) is 25.4 Å². The lowest BCUT2D eigenvalue weighted by Crippen LogP contribution is -2.40. The van der Waals surface area contributed by atoms with E-state index in [0.29, 0.717) is 32.6 Å². The van der Waals surface area contributed by atoms with Gasteiger partial charge in [-0.1, -0.05) is 63.4 Å². The molecule has 1 aliphatic heterocycles. The molecule has 7 nitrogen and oxygen atoms in total. The van der Waals surface area contributed by atoms with E-state index in [0.717, 1.165) is 44.2 Å². The molecule has 2 amide bonds. The summed E-state index contributed by atoms with van der Waals surface area (Å²) in [5, 5.41) is 12.0. The first-order valence-corrected chi connectivity index (χ1v) is 12.3. The number of ether oxygens (including phenoxy) is 1. The molecule has 1 heterocycles. The Hall–Kier alpha value is -2.41. The van der Waals surface area contributed by atoms with Gasteiger partial charge >= 0.3 is 5.97 Å². The number of unbranched alkanes of at least 4 members (excludes halogenated alkanes) is 2. The van der Waals surface area contributed by atoms with E-state index in [1.807, 2.05) is 42.2 Å². The van der Waals surface area contributed by atoms with Crippen LogP contribution in [0.5, 0.6) is 0 Å². The number of carbonyl (C=O) groups is 3. The van der Waals surface area contributed by atoms with Crippen LogP contribution in [0.1, 0.15) is 70.8 Å². The molecule has 2 N–H and O–H groups in total. The molecule has 1 saturated heterocycles. The van der Waals surface area contributed by atoms with Crippen LogP contribution >= 0.6 is 0 Å². The fourth-order valence-electron chi connectivity index (χ4n) is 4.31. The Bertz CT molecular complexity index is 739. The average Bonchev–Trinajstić information content (AvgIpc) is 3.26. The molecule has 7 heteroatoms. The van der Waals surface area contributed by atoms with Gasteiger partial charge in [-0.25, -0.2) is 0 Å². The van der Waals surface area contributed by atoms with E-state index in [4.69, 9.17) is 9.84 Å². The lowest BCUT2D eigenvalue weighted by Gasteiger charge is -2.26. The number of aliphatic carboxylic acids is 1. The van der Waals surface area contributed by atoms with Crippen molar-refractivity contribution in [1.29, 1.82) is 0 Å². The number of rotatable bonds is 15. The van der Waals surface area contributed by atoms with E-state index >= 15 is 0 Å². The fourth-order valence-corrected chi connectivity index (χ4v) is 4.31. The quantitative estimate of drug-likeness (QED) is 0.386. The monoisotopic (exact) mass is 460 g/mol. The highest BCUT2D eigenvalue weighted by Gasteiger charge is 2.29. The number of hydrogen-bond donors (Lipinski definition) is 2. The molecule has 0 spiro atoms. The number of nitrogens with one attached hydrogen (secondary N) is 1. The van der Waals surface area contributed by atoms with Crippen LogP contribution in [0.15, 0.2) is 30.3 Å². The van der Waals surface area contributed by atoms with Gasteiger partial charge in [0.2, 0.25) is 11.8 Å². The van der Waals surface area contributed by atoms with Gasteiger partial charge in [0.1, 0.15) is 0 Å². The Balaban J connectivity index is 1.74. The zero-order chi connectivity index (χ0) is 24.1. The molecule has 0 radical (unpaired) electrons. The maximum atomic E-state index is 12.9. The van der Waals surface area contributed by atoms with Gasteiger partial charge in [-0.05, 0) is 30.7 Å². The molecule has 0 saturated carbocycles. The Labute approximate surface area is 197 Å². The topological polar surface area (TPSA) is 95.9 Å². The molecular weight excluding hydrogens is 420 g/mol. The Morgan fingerprint density at radius 1 is 1.18 bits per heavy atom. The number of nitrogens with zero attached hydrogens (tertiary/aromatic N) is 1. The highest BCUT2D eigenvalue weighted by atomic mass is 16.5.